The van der Waals surface area contributed by atoms with Crippen LogP contribution in [0, 0.1) is 35.0 Å². The molecule has 1 saturated heterocycles. The van der Waals surface area contributed by atoms with Crippen LogP contribution in [0.2, 0.25) is 0 Å². The van der Waals surface area contributed by atoms with Crippen molar-refractivity contribution in [3.63, 3.8) is 0 Å². The minimum absolute atomic E-state index is 0.104. The summed E-state index contributed by atoms with van der Waals surface area (Å²) in [6.45, 7) is 3.86. The van der Waals surface area contributed by atoms with Gasteiger partial charge in [0.1, 0.15) is 6.04 Å². The Labute approximate surface area is 167 Å². The van der Waals surface area contributed by atoms with Gasteiger partial charge in [0.2, 0.25) is 17.7 Å². The number of carbonyl (C=O) groups is 3. The molecule has 1 aliphatic heterocycles. The van der Waals surface area contributed by atoms with Crippen molar-refractivity contribution >= 4 is 17.7 Å². The van der Waals surface area contributed by atoms with Gasteiger partial charge in [-0.25, -0.2) is 0 Å². The lowest BCUT2D eigenvalue weighted by Gasteiger charge is -2.59. The van der Waals surface area contributed by atoms with Crippen molar-refractivity contribution in [1.82, 2.24) is 10.2 Å². The Kier molecular flexibility index (Phi) is 4.22. The molecule has 5 aliphatic carbocycles. The van der Waals surface area contributed by atoms with Crippen LogP contribution in [0.3, 0.4) is 0 Å². The quantitative estimate of drug-likeness (QED) is 0.598. The van der Waals surface area contributed by atoms with Gasteiger partial charge in [-0.3, -0.25) is 19.3 Å². The zero-order chi connectivity index (χ0) is 19.6. The fraction of sp³-hybridized carbons (Fsp3) is 0.783. The highest BCUT2D eigenvalue weighted by molar-refractivity contribution is 6.08. The number of nitrogens with one attached hydrogen (secondary N) is 1. The molecule has 0 aromatic heterocycles. The van der Waals surface area contributed by atoms with Gasteiger partial charge in [0, 0.05) is 6.04 Å². The molecular weight excluding hydrogens is 352 g/mol. The lowest BCUT2D eigenvalue weighted by molar-refractivity contribution is -0.148. The molecule has 5 heteroatoms. The fourth-order valence-corrected chi connectivity index (χ4v) is 7.52. The number of rotatable bonds is 4. The minimum atomic E-state index is -0.720. The molecule has 6 rings (SSSR count). The molecule has 0 unspecified atom stereocenters. The first-order valence-electron chi connectivity index (χ1n) is 11.2. The van der Waals surface area contributed by atoms with Crippen LogP contribution in [0.1, 0.15) is 65.2 Å². The van der Waals surface area contributed by atoms with E-state index in [0.29, 0.717) is 12.8 Å². The topological polar surface area (TPSA) is 66.5 Å². The van der Waals surface area contributed by atoms with Crippen LogP contribution in [0.4, 0.5) is 0 Å². The molecule has 4 saturated carbocycles. The highest BCUT2D eigenvalue weighted by Gasteiger charge is 2.54. The van der Waals surface area contributed by atoms with Gasteiger partial charge in [-0.2, -0.15) is 0 Å². The number of carbonyl (C=O) groups excluding carboxylic acids is 3. The molecule has 4 bridgehead atoms. The summed E-state index contributed by atoms with van der Waals surface area (Å²) >= 11 is 0. The summed E-state index contributed by atoms with van der Waals surface area (Å²) in [4.78, 5) is 39.9. The van der Waals surface area contributed by atoms with E-state index in [4.69, 9.17) is 0 Å². The first-order chi connectivity index (χ1) is 13.4. The largest absolute Gasteiger partial charge is 0.351 e. The maximum absolute atomic E-state index is 13.1. The molecule has 28 heavy (non-hydrogen) atoms. The second kappa shape index (κ2) is 6.43. The third kappa shape index (κ3) is 2.68. The maximum atomic E-state index is 13.1. The van der Waals surface area contributed by atoms with E-state index >= 15 is 0 Å². The van der Waals surface area contributed by atoms with E-state index < -0.39 is 6.04 Å². The van der Waals surface area contributed by atoms with Gasteiger partial charge < -0.3 is 5.32 Å². The number of amides is 3. The van der Waals surface area contributed by atoms with Crippen molar-refractivity contribution in [3.8, 4) is 0 Å². The average Bonchev–Trinajstić information content (AvgIpc) is 2.91. The van der Waals surface area contributed by atoms with Crippen LogP contribution >= 0.6 is 0 Å². The summed E-state index contributed by atoms with van der Waals surface area (Å²) in [6.07, 6.45) is 13.0. The monoisotopic (exact) mass is 384 g/mol. The van der Waals surface area contributed by atoms with Crippen molar-refractivity contribution in [2.45, 2.75) is 77.3 Å². The maximum Gasteiger partial charge on any atom is 0.243 e. The van der Waals surface area contributed by atoms with E-state index in [1.54, 1.807) is 6.92 Å². The lowest BCUT2D eigenvalue weighted by atomic mass is 9.48. The van der Waals surface area contributed by atoms with Gasteiger partial charge in [0.15, 0.2) is 0 Å². The van der Waals surface area contributed by atoms with Gasteiger partial charge in [-0.1, -0.05) is 12.2 Å². The Hall–Kier alpha value is -1.65. The summed E-state index contributed by atoms with van der Waals surface area (Å²) in [5.74, 6) is 1.47. The molecule has 4 atom stereocenters. The van der Waals surface area contributed by atoms with Gasteiger partial charge >= 0.3 is 0 Å². The molecule has 3 amide bonds. The average molecular weight is 385 g/mol. The molecule has 1 N–H and O–H groups in total. The molecule has 5 fully saturated rings. The normalized spacial score (nSPS) is 43.2. The Balaban J connectivity index is 1.28. The molecule has 152 valence electrons. The molecular formula is C23H32N2O3. The summed E-state index contributed by atoms with van der Waals surface area (Å²) in [7, 11) is 0. The molecule has 5 nitrogen and oxygen atoms in total. The van der Waals surface area contributed by atoms with E-state index in [2.05, 4.69) is 12.2 Å². The number of fused-ring (bicyclic) bond motifs is 1. The van der Waals surface area contributed by atoms with E-state index in [9.17, 15) is 14.4 Å². The van der Waals surface area contributed by atoms with Gasteiger partial charge in [0.05, 0.1) is 11.8 Å². The van der Waals surface area contributed by atoms with E-state index in [-0.39, 0.29) is 41.0 Å². The number of likely N-dealkylation sites (tertiary alicyclic amines) is 1. The highest BCUT2D eigenvalue weighted by Crippen LogP contribution is 2.61. The zero-order valence-corrected chi connectivity index (χ0v) is 17.0. The molecule has 6 aliphatic rings. The SMILES string of the molecule is C[C@H](NC(=O)[C@H](C)N1C(=O)[C@H]2CC=CC[C@@H]2C1=O)C12CC3CC(CC(C3)C1)C2. The van der Waals surface area contributed by atoms with Crippen LogP contribution in [0.15, 0.2) is 12.2 Å². The first-order valence-corrected chi connectivity index (χ1v) is 11.2. The van der Waals surface area contributed by atoms with Gasteiger partial charge in [0.25, 0.3) is 0 Å². The third-order valence-corrected chi connectivity index (χ3v) is 8.67. The number of imide groups is 1. The Morgan fingerprint density at radius 2 is 1.43 bits per heavy atom. The van der Waals surface area contributed by atoms with E-state index in [1.165, 1.54) is 43.4 Å². The molecule has 0 spiro atoms. The van der Waals surface area contributed by atoms with Crippen LogP contribution in [-0.4, -0.2) is 34.7 Å². The second-order valence-corrected chi connectivity index (χ2v) is 10.4. The predicted octanol–water partition coefficient (Wildman–Crippen LogP) is 3.05. The van der Waals surface area contributed by atoms with Crippen molar-refractivity contribution in [3.05, 3.63) is 12.2 Å². The Morgan fingerprint density at radius 1 is 0.964 bits per heavy atom. The minimum Gasteiger partial charge on any atom is -0.351 e. The number of hydrogen-bond donors (Lipinski definition) is 1. The van der Waals surface area contributed by atoms with Gasteiger partial charge in [-0.15, -0.1) is 0 Å². The van der Waals surface area contributed by atoms with Crippen LogP contribution in [-0.2, 0) is 14.4 Å². The lowest BCUT2D eigenvalue weighted by Crippen LogP contribution is -2.58. The van der Waals surface area contributed by atoms with Crippen molar-refractivity contribution in [2.75, 3.05) is 0 Å². The second-order valence-electron chi connectivity index (χ2n) is 10.4. The van der Waals surface area contributed by atoms with E-state index in [1.807, 2.05) is 12.2 Å². The summed E-state index contributed by atoms with van der Waals surface area (Å²) in [6, 6.07) is -0.616. The summed E-state index contributed by atoms with van der Waals surface area (Å²) in [5, 5.41) is 3.24. The standard InChI is InChI=1S/C23H32N2O3/c1-13(25-21(27)18-5-3-4-6-19(18)22(25)28)20(26)24-14(2)23-10-15-7-16(11-23)9-17(8-15)12-23/h3-4,13-19H,5-12H2,1-2H3,(H,24,26)/t13-,14-,15?,16?,17?,18-,19-,23?/m0/s1. The Morgan fingerprint density at radius 3 is 1.89 bits per heavy atom. The van der Waals surface area contributed by atoms with Crippen molar-refractivity contribution in [2.24, 2.45) is 35.0 Å². The van der Waals surface area contributed by atoms with Crippen molar-refractivity contribution < 1.29 is 14.4 Å². The van der Waals surface area contributed by atoms with Crippen LogP contribution in [0.5, 0.6) is 0 Å². The Bertz CT molecular complexity index is 681. The zero-order valence-electron chi connectivity index (χ0n) is 17.0. The van der Waals surface area contributed by atoms with E-state index in [0.717, 1.165) is 17.8 Å². The predicted molar refractivity (Wildman–Crippen MR) is 105 cm³/mol. The number of hydrogen-bond acceptors (Lipinski definition) is 3. The van der Waals surface area contributed by atoms with Crippen LogP contribution < -0.4 is 5.32 Å². The fourth-order valence-electron chi connectivity index (χ4n) is 7.52. The molecule has 1 heterocycles. The van der Waals surface area contributed by atoms with Gasteiger partial charge in [-0.05, 0) is 88.4 Å². The molecule has 0 aromatic rings. The molecule has 0 aromatic carbocycles. The van der Waals surface area contributed by atoms with Crippen molar-refractivity contribution in [1.29, 1.82) is 0 Å². The highest BCUT2D eigenvalue weighted by atomic mass is 16.2. The third-order valence-electron chi connectivity index (χ3n) is 8.67. The summed E-state index contributed by atoms with van der Waals surface area (Å²) in [5.41, 5.74) is 0.223. The first kappa shape index (κ1) is 18.4. The summed E-state index contributed by atoms with van der Waals surface area (Å²) < 4.78 is 0. The smallest absolute Gasteiger partial charge is 0.243 e. The number of nitrogens with zero attached hydrogens (tertiary/aromatic N) is 1. The van der Waals surface area contributed by atoms with Crippen LogP contribution in [0.25, 0.3) is 0 Å². The number of allylic oxidation sites excluding steroid dienone is 2. The molecule has 0 radical (unpaired) electrons.